The summed E-state index contributed by atoms with van der Waals surface area (Å²) in [6, 6.07) is 2.98. The monoisotopic (exact) mass is 312 g/mol. The lowest BCUT2D eigenvalue weighted by atomic mass is 10.1. The number of aromatic nitrogens is 1. The molecule has 74 valence electrons. The van der Waals surface area contributed by atoms with Crippen LogP contribution in [0.5, 0.6) is 0 Å². The quantitative estimate of drug-likeness (QED) is 0.622. The number of rotatable bonds is 2. The summed E-state index contributed by atoms with van der Waals surface area (Å²) in [5.74, 6) is -1.08. The topological polar surface area (TPSA) is 36.7 Å². The molecule has 1 rings (SSSR count). The van der Waals surface area contributed by atoms with Crippen LogP contribution < -0.4 is 0 Å². The van der Waals surface area contributed by atoms with Gasteiger partial charge >= 0.3 is 0 Å². The second-order valence-electron chi connectivity index (χ2n) is 2.44. The maximum Gasteiger partial charge on any atom is 0.283 e. The van der Waals surface area contributed by atoms with Crippen LogP contribution in [0.3, 0.4) is 0 Å². The van der Waals surface area contributed by atoms with Gasteiger partial charge in [-0.15, -0.1) is 0 Å². The highest BCUT2D eigenvalue weighted by atomic mass is 127. The number of nitrogens with zero attached hydrogens (tertiary/aromatic N) is 2. The van der Waals surface area contributed by atoms with Crippen LogP contribution in [-0.4, -0.2) is 4.98 Å². The molecule has 0 amide bonds. The third kappa shape index (κ3) is 2.35. The lowest BCUT2D eigenvalue weighted by molar-refractivity contribution is 0.140. The number of nitriles is 1. The highest BCUT2D eigenvalue weighted by Gasteiger charge is 2.19. The van der Waals surface area contributed by atoms with Crippen LogP contribution in [0, 0.1) is 20.8 Å². The fraction of sp³-hybridized carbons (Fsp3) is 0.250. The van der Waals surface area contributed by atoms with Crippen molar-refractivity contribution in [1.29, 1.82) is 5.26 Å². The van der Waals surface area contributed by atoms with Gasteiger partial charge in [0.25, 0.3) is 6.43 Å². The summed E-state index contributed by atoms with van der Waals surface area (Å²) in [6.45, 7) is 0. The molecule has 0 bridgehead atoms. The third-order valence-electron chi connectivity index (χ3n) is 1.50. The van der Waals surface area contributed by atoms with Crippen molar-refractivity contribution in [3.63, 3.8) is 0 Å². The molecule has 0 radical (unpaired) electrons. The molecule has 0 saturated heterocycles. The first-order valence-electron chi connectivity index (χ1n) is 3.56. The van der Waals surface area contributed by atoms with E-state index in [2.05, 4.69) is 4.98 Å². The Kier molecular flexibility index (Phi) is 3.69. The van der Waals surface area contributed by atoms with Crippen molar-refractivity contribution in [2.75, 3.05) is 0 Å². The Balaban J connectivity index is 3.26. The van der Waals surface area contributed by atoms with E-state index in [4.69, 9.17) is 5.26 Å². The summed E-state index contributed by atoms with van der Waals surface area (Å²) in [6.07, 6.45) is -3.19. The van der Waals surface area contributed by atoms with Crippen LogP contribution in [0.2, 0.25) is 0 Å². The Hall–Kier alpha value is -0.840. The molecule has 1 heterocycles. The van der Waals surface area contributed by atoms with Crippen molar-refractivity contribution in [3.8, 4) is 6.07 Å². The molecule has 1 aromatic heterocycles. The number of alkyl halides is 2. The summed E-state index contributed by atoms with van der Waals surface area (Å²) in [5.41, 5.74) is -0.927. The van der Waals surface area contributed by atoms with Crippen LogP contribution >= 0.6 is 22.6 Å². The van der Waals surface area contributed by atoms with E-state index in [0.717, 1.165) is 0 Å². The molecule has 6 heteroatoms. The van der Waals surface area contributed by atoms with Crippen LogP contribution in [0.1, 0.15) is 17.7 Å². The maximum absolute atomic E-state index is 13.2. The van der Waals surface area contributed by atoms with Gasteiger partial charge in [-0.3, -0.25) is 0 Å². The maximum atomic E-state index is 13.2. The molecule has 0 fully saturated rings. The first-order valence-corrected chi connectivity index (χ1v) is 4.64. The molecule has 0 saturated carbocycles. The van der Waals surface area contributed by atoms with Crippen molar-refractivity contribution in [2.45, 2.75) is 12.8 Å². The summed E-state index contributed by atoms with van der Waals surface area (Å²) in [4.78, 5) is 3.37. The van der Waals surface area contributed by atoms with Gasteiger partial charge < -0.3 is 0 Å². The first kappa shape index (κ1) is 11.2. The largest absolute Gasteiger partial charge is 0.283 e. The molecule has 0 aliphatic carbocycles. The molecule has 0 aromatic carbocycles. The van der Waals surface area contributed by atoms with Crippen molar-refractivity contribution < 1.29 is 13.2 Å². The minimum Gasteiger partial charge on any atom is -0.238 e. The Bertz CT molecular complexity index is 387. The van der Waals surface area contributed by atoms with E-state index < -0.39 is 17.9 Å². The Morgan fingerprint density at radius 3 is 2.71 bits per heavy atom. The molecule has 14 heavy (non-hydrogen) atoms. The average Bonchev–Trinajstić information content (AvgIpc) is 2.10. The Morgan fingerprint density at radius 2 is 2.21 bits per heavy atom. The van der Waals surface area contributed by atoms with Gasteiger partial charge in [-0.1, -0.05) is 0 Å². The molecular weight excluding hydrogens is 308 g/mol. The van der Waals surface area contributed by atoms with Crippen molar-refractivity contribution in [3.05, 3.63) is 26.8 Å². The minimum atomic E-state index is -2.96. The highest BCUT2D eigenvalue weighted by molar-refractivity contribution is 14.1. The fourth-order valence-electron chi connectivity index (χ4n) is 0.926. The molecule has 0 N–H and O–H groups in total. The number of hydrogen-bond acceptors (Lipinski definition) is 2. The lowest BCUT2D eigenvalue weighted by Crippen LogP contribution is -2.02. The molecule has 2 nitrogen and oxygen atoms in total. The van der Waals surface area contributed by atoms with Gasteiger partial charge in [0.1, 0.15) is 9.39 Å². The van der Waals surface area contributed by atoms with E-state index >= 15 is 0 Å². The van der Waals surface area contributed by atoms with E-state index in [-0.39, 0.29) is 15.7 Å². The van der Waals surface area contributed by atoms with Crippen molar-refractivity contribution in [1.82, 2.24) is 4.98 Å². The van der Waals surface area contributed by atoms with E-state index in [9.17, 15) is 13.2 Å². The van der Waals surface area contributed by atoms with Gasteiger partial charge in [0.2, 0.25) is 0 Å². The average molecular weight is 312 g/mol. The van der Waals surface area contributed by atoms with Gasteiger partial charge in [-0.2, -0.15) is 5.26 Å². The predicted octanol–water partition coefficient (Wildman–Crippen LogP) is 2.83. The van der Waals surface area contributed by atoms with Gasteiger partial charge in [-0.05, 0) is 28.7 Å². The molecule has 0 atom stereocenters. The smallest absolute Gasteiger partial charge is 0.238 e. The SMILES string of the molecule is N#CCc1cc(I)nc(C(F)F)c1F. The molecule has 0 unspecified atom stereocenters. The Morgan fingerprint density at radius 1 is 1.57 bits per heavy atom. The predicted molar refractivity (Wildman–Crippen MR) is 51.2 cm³/mol. The van der Waals surface area contributed by atoms with E-state index in [1.165, 1.54) is 6.07 Å². The van der Waals surface area contributed by atoms with Crippen molar-refractivity contribution in [2.24, 2.45) is 0 Å². The molecule has 0 aliphatic rings. The molecule has 1 aromatic rings. The second kappa shape index (κ2) is 4.59. The second-order valence-corrected chi connectivity index (χ2v) is 3.54. The highest BCUT2D eigenvalue weighted by Crippen LogP contribution is 2.23. The van der Waals surface area contributed by atoms with Gasteiger partial charge in [0, 0.05) is 5.56 Å². The van der Waals surface area contributed by atoms with Gasteiger partial charge in [0.15, 0.2) is 5.82 Å². The lowest BCUT2D eigenvalue weighted by Gasteiger charge is -2.05. The van der Waals surface area contributed by atoms with Crippen molar-refractivity contribution >= 4 is 22.6 Å². The minimum absolute atomic E-state index is 0.0396. The first-order chi connectivity index (χ1) is 6.56. The number of pyridine rings is 1. The van der Waals surface area contributed by atoms with Crippen LogP contribution in [0.15, 0.2) is 6.07 Å². The van der Waals surface area contributed by atoms with E-state index in [0.29, 0.717) is 0 Å². The van der Waals surface area contributed by atoms with Crippen LogP contribution in [-0.2, 0) is 6.42 Å². The molecular formula is C8H4F3IN2. The fourth-order valence-corrected chi connectivity index (χ4v) is 1.56. The summed E-state index contributed by atoms with van der Waals surface area (Å²) >= 11 is 1.70. The van der Waals surface area contributed by atoms with Crippen LogP contribution in [0.25, 0.3) is 0 Å². The zero-order chi connectivity index (χ0) is 10.7. The van der Waals surface area contributed by atoms with E-state index in [1.54, 1.807) is 28.7 Å². The normalized spacial score (nSPS) is 10.3. The van der Waals surface area contributed by atoms with Gasteiger partial charge in [0.05, 0.1) is 12.5 Å². The number of halogens is 4. The van der Waals surface area contributed by atoms with E-state index in [1.807, 2.05) is 0 Å². The molecule has 0 aliphatic heterocycles. The summed E-state index contributed by atoms with van der Waals surface area (Å²) in [5, 5.41) is 8.34. The summed E-state index contributed by atoms with van der Waals surface area (Å²) in [7, 11) is 0. The summed E-state index contributed by atoms with van der Waals surface area (Å²) < 4.78 is 37.9. The number of hydrogen-bond donors (Lipinski definition) is 0. The van der Waals surface area contributed by atoms with Gasteiger partial charge in [-0.25, -0.2) is 18.2 Å². The van der Waals surface area contributed by atoms with Crippen LogP contribution in [0.4, 0.5) is 13.2 Å². The zero-order valence-corrected chi connectivity index (χ0v) is 8.93. The Labute approximate surface area is 91.9 Å². The standard InChI is InChI=1S/C8H4F3IN2/c9-6-4(1-2-13)3-5(12)14-7(6)8(10)11/h3,8H,1H2. The third-order valence-corrected chi connectivity index (χ3v) is 2.06. The zero-order valence-electron chi connectivity index (χ0n) is 6.77. The molecule has 0 spiro atoms.